The van der Waals surface area contributed by atoms with Crippen LogP contribution < -0.4 is 10.5 Å². The Hall–Kier alpha value is -3.42. The molecule has 0 aliphatic heterocycles. The normalized spacial score (nSPS) is 14.5. The summed E-state index contributed by atoms with van der Waals surface area (Å²) in [6.07, 6.45) is -0.942. The Morgan fingerprint density at radius 3 is 2.60 bits per heavy atom. The lowest BCUT2D eigenvalue weighted by Gasteiger charge is -2.16. The van der Waals surface area contributed by atoms with E-state index in [-0.39, 0.29) is 23.2 Å². The Bertz CT molecular complexity index is 1310. The number of aromatic hydroxyl groups is 1. The number of anilines is 1. The van der Waals surface area contributed by atoms with Gasteiger partial charge in [-0.3, -0.25) is 0 Å². The summed E-state index contributed by atoms with van der Waals surface area (Å²) in [6.45, 7) is 0. The lowest BCUT2D eigenvalue weighted by Crippen LogP contribution is -2.08. The van der Waals surface area contributed by atoms with E-state index < -0.39 is 11.7 Å². The van der Waals surface area contributed by atoms with Gasteiger partial charge in [-0.2, -0.15) is 13.2 Å². The maximum absolute atomic E-state index is 13.8. The third kappa shape index (κ3) is 2.74. The number of hydrogen-bond acceptors (Lipinski definition) is 4. The minimum Gasteiger partial charge on any atom is -0.497 e. The fourth-order valence-electron chi connectivity index (χ4n) is 3.95. The van der Waals surface area contributed by atoms with Gasteiger partial charge in [-0.25, -0.2) is 4.98 Å². The predicted octanol–water partition coefficient (Wildman–Crippen LogP) is 5.51. The van der Waals surface area contributed by atoms with Crippen LogP contribution in [0.2, 0.25) is 0 Å². The van der Waals surface area contributed by atoms with E-state index in [1.54, 1.807) is 29.0 Å². The zero-order valence-corrected chi connectivity index (χ0v) is 16.0. The number of nitrogens with zero attached hydrogens (tertiary/aromatic N) is 2. The third-order valence-electron chi connectivity index (χ3n) is 5.58. The summed E-state index contributed by atoms with van der Waals surface area (Å²) in [5, 5.41) is 11.5. The van der Waals surface area contributed by atoms with Crippen molar-refractivity contribution in [1.82, 2.24) is 9.55 Å². The zero-order chi connectivity index (χ0) is 21.2. The first-order valence-corrected chi connectivity index (χ1v) is 9.47. The van der Waals surface area contributed by atoms with E-state index in [1.165, 1.54) is 19.2 Å². The highest BCUT2D eigenvalue weighted by Crippen LogP contribution is 2.46. The quantitative estimate of drug-likeness (QED) is 0.465. The molecule has 5 rings (SSSR count). The predicted molar refractivity (Wildman–Crippen MR) is 109 cm³/mol. The highest BCUT2D eigenvalue weighted by molar-refractivity contribution is 6.12. The van der Waals surface area contributed by atoms with Crippen LogP contribution in [0.1, 0.15) is 24.4 Å². The summed E-state index contributed by atoms with van der Waals surface area (Å²) < 4.78 is 48.1. The molecular weight excluding hydrogens is 395 g/mol. The van der Waals surface area contributed by atoms with Crippen LogP contribution in [0, 0.1) is 0 Å². The van der Waals surface area contributed by atoms with Crippen LogP contribution >= 0.6 is 0 Å². The highest BCUT2D eigenvalue weighted by Gasteiger charge is 2.35. The molecule has 5 nitrogen and oxygen atoms in total. The van der Waals surface area contributed by atoms with Gasteiger partial charge in [0.25, 0.3) is 0 Å². The largest absolute Gasteiger partial charge is 0.497 e. The number of para-hydroxylation sites is 1. The standard InChI is InChI=1S/C22H18F3N3O2/c1-30-12-7-8-13(16(9-12)22(23,24)25)14-3-2-4-15-19(26)18-17(27-20(14)15)10-28(21(18)29)11-5-6-11/h2-4,7-11,29H,5-6,26H2,1H3. The Labute approximate surface area is 169 Å². The minimum atomic E-state index is -4.57. The van der Waals surface area contributed by atoms with Crippen LogP contribution in [0.25, 0.3) is 32.9 Å². The average molecular weight is 413 g/mol. The number of alkyl halides is 3. The SMILES string of the molecule is COc1ccc(-c2cccc3c(N)c4c(O)n(C5CC5)cc4nc23)c(C(F)(F)F)c1. The van der Waals surface area contributed by atoms with Gasteiger partial charge in [-0.15, -0.1) is 0 Å². The molecule has 0 bridgehead atoms. The Kier molecular flexibility index (Phi) is 3.90. The van der Waals surface area contributed by atoms with Crippen molar-refractivity contribution in [2.24, 2.45) is 0 Å². The van der Waals surface area contributed by atoms with Crippen molar-refractivity contribution in [2.75, 3.05) is 12.8 Å². The summed E-state index contributed by atoms with van der Waals surface area (Å²) in [4.78, 5) is 4.61. The van der Waals surface area contributed by atoms with E-state index in [4.69, 9.17) is 10.5 Å². The number of benzene rings is 2. The molecule has 1 aliphatic carbocycles. The van der Waals surface area contributed by atoms with Gasteiger partial charge in [0.15, 0.2) is 0 Å². The molecule has 3 N–H and O–H groups in total. The fourth-order valence-corrected chi connectivity index (χ4v) is 3.95. The number of fused-ring (bicyclic) bond motifs is 2. The second-order valence-electron chi connectivity index (χ2n) is 7.49. The van der Waals surface area contributed by atoms with Crippen LogP contribution in [-0.4, -0.2) is 21.8 Å². The van der Waals surface area contributed by atoms with Gasteiger partial charge in [-0.05, 0) is 30.5 Å². The third-order valence-corrected chi connectivity index (χ3v) is 5.58. The second kappa shape index (κ2) is 6.29. The molecule has 0 amide bonds. The van der Waals surface area contributed by atoms with Crippen molar-refractivity contribution in [3.05, 3.63) is 48.2 Å². The molecule has 4 aromatic rings. The second-order valence-corrected chi connectivity index (χ2v) is 7.49. The first kappa shape index (κ1) is 18.6. The van der Waals surface area contributed by atoms with Crippen molar-refractivity contribution in [3.8, 4) is 22.8 Å². The number of hydrogen-bond donors (Lipinski definition) is 2. The van der Waals surface area contributed by atoms with Gasteiger partial charge in [0.1, 0.15) is 5.75 Å². The smallest absolute Gasteiger partial charge is 0.417 e. The number of nitrogen functional groups attached to an aromatic ring is 1. The molecule has 30 heavy (non-hydrogen) atoms. The summed E-state index contributed by atoms with van der Waals surface area (Å²) in [7, 11) is 1.32. The summed E-state index contributed by atoms with van der Waals surface area (Å²) in [5.41, 5.74) is 6.96. The van der Waals surface area contributed by atoms with E-state index in [2.05, 4.69) is 4.98 Å². The molecule has 1 aliphatic rings. The minimum absolute atomic E-state index is 0.00834. The number of aromatic nitrogens is 2. The van der Waals surface area contributed by atoms with Crippen LogP contribution in [-0.2, 0) is 6.18 Å². The molecule has 0 radical (unpaired) electrons. The van der Waals surface area contributed by atoms with Crippen molar-refractivity contribution >= 4 is 27.5 Å². The van der Waals surface area contributed by atoms with E-state index >= 15 is 0 Å². The number of nitrogens with two attached hydrogens (primary N) is 1. The van der Waals surface area contributed by atoms with Gasteiger partial charge in [-0.1, -0.05) is 24.3 Å². The Morgan fingerprint density at radius 2 is 1.93 bits per heavy atom. The molecule has 1 fully saturated rings. The Balaban J connectivity index is 1.82. The number of pyridine rings is 1. The van der Waals surface area contributed by atoms with Crippen molar-refractivity contribution in [2.45, 2.75) is 25.1 Å². The zero-order valence-electron chi connectivity index (χ0n) is 16.0. The molecule has 0 unspecified atom stereocenters. The van der Waals surface area contributed by atoms with Crippen LogP contribution in [0.5, 0.6) is 11.6 Å². The molecule has 2 aromatic heterocycles. The maximum atomic E-state index is 13.8. The van der Waals surface area contributed by atoms with E-state index in [9.17, 15) is 18.3 Å². The molecule has 154 valence electrons. The van der Waals surface area contributed by atoms with Crippen molar-refractivity contribution < 1.29 is 23.0 Å². The van der Waals surface area contributed by atoms with E-state index in [0.717, 1.165) is 18.9 Å². The van der Waals surface area contributed by atoms with Gasteiger partial charge >= 0.3 is 6.18 Å². The van der Waals surface area contributed by atoms with Crippen LogP contribution in [0.15, 0.2) is 42.6 Å². The maximum Gasteiger partial charge on any atom is 0.417 e. The molecule has 0 spiro atoms. The van der Waals surface area contributed by atoms with E-state index in [1.807, 2.05) is 0 Å². The number of ether oxygens (including phenoxy) is 1. The first-order valence-electron chi connectivity index (χ1n) is 9.47. The van der Waals surface area contributed by atoms with Crippen LogP contribution in [0.4, 0.5) is 18.9 Å². The number of rotatable bonds is 3. The average Bonchev–Trinajstić information content (AvgIpc) is 3.50. The molecule has 2 aromatic carbocycles. The van der Waals surface area contributed by atoms with Crippen molar-refractivity contribution in [1.29, 1.82) is 0 Å². The molecular formula is C22H18F3N3O2. The molecule has 0 saturated heterocycles. The Morgan fingerprint density at radius 1 is 1.17 bits per heavy atom. The highest BCUT2D eigenvalue weighted by atomic mass is 19.4. The number of methoxy groups -OCH3 is 1. The van der Waals surface area contributed by atoms with E-state index in [0.29, 0.717) is 33.1 Å². The van der Waals surface area contributed by atoms with Crippen molar-refractivity contribution in [3.63, 3.8) is 0 Å². The number of halogens is 3. The van der Waals surface area contributed by atoms with Crippen LogP contribution in [0.3, 0.4) is 0 Å². The molecule has 2 heterocycles. The summed E-state index contributed by atoms with van der Waals surface area (Å²) >= 11 is 0. The molecule has 1 saturated carbocycles. The molecule has 0 atom stereocenters. The lowest BCUT2D eigenvalue weighted by atomic mass is 9.95. The lowest BCUT2D eigenvalue weighted by molar-refractivity contribution is -0.137. The summed E-state index contributed by atoms with van der Waals surface area (Å²) in [6, 6.07) is 8.98. The topological polar surface area (TPSA) is 73.3 Å². The fraction of sp³-hybridized carbons (Fsp3) is 0.227. The first-order chi connectivity index (χ1) is 14.3. The van der Waals surface area contributed by atoms with Gasteiger partial charge in [0.2, 0.25) is 5.88 Å². The van der Waals surface area contributed by atoms with Gasteiger partial charge < -0.3 is 20.1 Å². The van der Waals surface area contributed by atoms with Gasteiger partial charge in [0, 0.05) is 23.2 Å². The monoisotopic (exact) mass is 413 g/mol. The van der Waals surface area contributed by atoms with Gasteiger partial charge in [0.05, 0.1) is 34.8 Å². The summed E-state index contributed by atoms with van der Waals surface area (Å²) in [5.74, 6) is 0.165. The molecule has 8 heteroatoms.